The molecule has 2 N–H and O–H groups in total. The Hall–Kier alpha value is -3.61. The molecule has 0 spiro atoms. The number of amides is 3. The van der Waals surface area contributed by atoms with E-state index in [-0.39, 0.29) is 19.1 Å². The maximum absolute atomic E-state index is 12.8. The van der Waals surface area contributed by atoms with Crippen LogP contribution >= 0.6 is 0 Å². The lowest BCUT2D eigenvalue weighted by atomic mass is 9.95. The van der Waals surface area contributed by atoms with Gasteiger partial charge in [0.1, 0.15) is 13.2 Å². The van der Waals surface area contributed by atoms with Gasteiger partial charge in [-0.2, -0.15) is 0 Å². The van der Waals surface area contributed by atoms with E-state index in [2.05, 4.69) is 10.6 Å². The number of ether oxygens (including phenoxy) is 1. The zero-order valence-corrected chi connectivity index (χ0v) is 16.2. The summed E-state index contributed by atoms with van der Waals surface area (Å²) in [5, 5.41) is 5.61. The zero-order chi connectivity index (χ0) is 20.5. The van der Waals surface area contributed by atoms with Crippen LogP contribution in [0.15, 0.2) is 59.8 Å². The van der Waals surface area contributed by atoms with Gasteiger partial charge in [0.25, 0.3) is 0 Å². The van der Waals surface area contributed by atoms with Crippen LogP contribution in [-0.4, -0.2) is 36.0 Å². The summed E-state index contributed by atoms with van der Waals surface area (Å²) in [6, 6.07) is 13.9. The van der Waals surface area contributed by atoms with Crippen LogP contribution in [-0.2, 0) is 14.3 Å². The van der Waals surface area contributed by atoms with Crippen LogP contribution in [0.2, 0.25) is 0 Å². The van der Waals surface area contributed by atoms with Crippen LogP contribution in [0.4, 0.5) is 10.5 Å². The summed E-state index contributed by atoms with van der Waals surface area (Å²) in [4.78, 5) is 38.9. The molecular weight excluding hydrogens is 370 g/mol. The lowest BCUT2D eigenvalue weighted by Gasteiger charge is -2.32. The van der Waals surface area contributed by atoms with Crippen LogP contribution in [0.25, 0.3) is 0 Å². The molecule has 4 rings (SSSR count). The molecule has 0 unspecified atom stereocenters. The average molecular weight is 391 g/mol. The first-order valence-electron chi connectivity index (χ1n) is 9.33. The van der Waals surface area contributed by atoms with Gasteiger partial charge in [-0.25, -0.2) is 9.59 Å². The van der Waals surface area contributed by atoms with E-state index in [1.54, 1.807) is 6.07 Å². The van der Waals surface area contributed by atoms with Gasteiger partial charge < -0.3 is 15.4 Å². The lowest BCUT2D eigenvalue weighted by Crippen LogP contribution is -2.49. The topological polar surface area (TPSA) is 87.7 Å². The Kier molecular flexibility index (Phi) is 4.80. The first-order valence-corrected chi connectivity index (χ1v) is 9.33. The van der Waals surface area contributed by atoms with E-state index in [0.717, 1.165) is 16.7 Å². The fourth-order valence-electron chi connectivity index (χ4n) is 3.55. The van der Waals surface area contributed by atoms with Gasteiger partial charge in [-0.1, -0.05) is 42.0 Å². The van der Waals surface area contributed by atoms with Crippen LogP contribution in [0.3, 0.4) is 0 Å². The lowest BCUT2D eigenvalue weighted by molar-refractivity contribution is -0.136. The molecule has 29 heavy (non-hydrogen) atoms. The minimum atomic E-state index is -0.593. The van der Waals surface area contributed by atoms with Gasteiger partial charge in [-0.15, -0.1) is 0 Å². The second kappa shape index (κ2) is 7.43. The number of hydrogen-bond acceptors (Lipinski definition) is 4. The van der Waals surface area contributed by atoms with Crippen molar-refractivity contribution >= 4 is 23.6 Å². The highest BCUT2D eigenvalue weighted by molar-refractivity contribution is 6.00. The molecular formula is C22H21N3O4. The highest BCUT2D eigenvalue weighted by Crippen LogP contribution is 2.35. The van der Waals surface area contributed by atoms with Crippen LogP contribution in [0.1, 0.15) is 22.7 Å². The molecule has 0 saturated heterocycles. The monoisotopic (exact) mass is 391 g/mol. The van der Waals surface area contributed by atoms with Gasteiger partial charge in [-0.3, -0.25) is 9.69 Å². The summed E-state index contributed by atoms with van der Waals surface area (Å²) in [6.07, 6.45) is 0. The number of esters is 1. The third kappa shape index (κ3) is 3.71. The van der Waals surface area contributed by atoms with Crippen LogP contribution < -0.4 is 10.6 Å². The number of benzene rings is 2. The number of rotatable bonds is 4. The van der Waals surface area contributed by atoms with Crippen molar-refractivity contribution in [3.8, 4) is 0 Å². The Balaban J connectivity index is 1.59. The molecule has 2 aliphatic heterocycles. The summed E-state index contributed by atoms with van der Waals surface area (Å²) in [5.74, 6) is -0.833. The molecule has 2 heterocycles. The number of carbonyl (C=O) groups is 3. The summed E-state index contributed by atoms with van der Waals surface area (Å²) < 4.78 is 5.19. The van der Waals surface area contributed by atoms with Crippen molar-refractivity contribution in [3.63, 3.8) is 0 Å². The number of anilines is 1. The highest BCUT2D eigenvalue weighted by atomic mass is 16.5. The van der Waals surface area contributed by atoms with E-state index in [0.29, 0.717) is 17.0 Å². The van der Waals surface area contributed by atoms with Crippen molar-refractivity contribution in [1.29, 1.82) is 0 Å². The third-order valence-corrected chi connectivity index (χ3v) is 5.01. The van der Waals surface area contributed by atoms with Crippen molar-refractivity contribution in [1.82, 2.24) is 10.2 Å². The predicted molar refractivity (Wildman–Crippen MR) is 107 cm³/mol. The van der Waals surface area contributed by atoms with E-state index < -0.39 is 18.0 Å². The summed E-state index contributed by atoms with van der Waals surface area (Å²) >= 11 is 0. The third-order valence-electron chi connectivity index (χ3n) is 5.01. The van der Waals surface area contributed by atoms with Crippen molar-refractivity contribution in [2.45, 2.75) is 19.9 Å². The summed E-state index contributed by atoms with van der Waals surface area (Å²) in [6.45, 7) is 3.65. The number of nitrogens with zero attached hydrogens (tertiary/aromatic N) is 1. The Labute approximate surface area is 168 Å². The smallest absolute Gasteiger partial charge is 0.338 e. The molecule has 7 heteroatoms. The second-order valence-corrected chi connectivity index (χ2v) is 7.23. The maximum atomic E-state index is 12.8. The molecule has 7 nitrogen and oxygen atoms in total. The maximum Gasteiger partial charge on any atom is 0.338 e. The second-order valence-electron chi connectivity index (χ2n) is 7.23. The van der Waals surface area contributed by atoms with Gasteiger partial charge >= 0.3 is 12.0 Å². The minimum absolute atomic E-state index is 0.0261. The zero-order valence-electron chi connectivity index (χ0n) is 16.2. The van der Waals surface area contributed by atoms with Crippen molar-refractivity contribution in [3.05, 3.63) is 76.5 Å². The van der Waals surface area contributed by atoms with Crippen LogP contribution in [0.5, 0.6) is 0 Å². The molecule has 2 aliphatic rings. The van der Waals surface area contributed by atoms with Gasteiger partial charge in [-0.05, 0) is 37.1 Å². The quantitative estimate of drug-likeness (QED) is 0.785. The fraction of sp³-hybridized carbons (Fsp3) is 0.227. The molecule has 148 valence electrons. The van der Waals surface area contributed by atoms with Gasteiger partial charge in [0.05, 0.1) is 17.3 Å². The Bertz CT molecular complexity index is 1030. The molecule has 2 aromatic carbocycles. The number of urea groups is 1. The van der Waals surface area contributed by atoms with Gasteiger partial charge in [0.15, 0.2) is 0 Å². The van der Waals surface area contributed by atoms with E-state index in [9.17, 15) is 14.4 Å². The number of nitrogens with one attached hydrogen (secondary N) is 2. The first-order chi connectivity index (χ1) is 13.9. The SMILES string of the molecule is Cc1ccc([C@H]2NC(=O)N(CC(=O)Nc3cccc(C)c3)C3=C2C(=O)OC3)cc1. The molecule has 1 atom stereocenters. The molecule has 0 radical (unpaired) electrons. The average Bonchev–Trinajstić information content (AvgIpc) is 3.06. The van der Waals surface area contributed by atoms with Crippen molar-refractivity contribution < 1.29 is 19.1 Å². The Morgan fingerprint density at radius 1 is 1.14 bits per heavy atom. The van der Waals surface area contributed by atoms with E-state index in [1.165, 1.54) is 4.90 Å². The molecule has 0 fully saturated rings. The predicted octanol–water partition coefficient (Wildman–Crippen LogP) is 2.82. The molecule has 3 amide bonds. The Morgan fingerprint density at radius 2 is 1.90 bits per heavy atom. The van der Waals surface area contributed by atoms with Gasteiger partial charge in [0.2, 0.25) is 5.91 Å². The van der Waals surface area contributed by atoms with Gasteiger partial charge in [0, 0.05) is 5.69 Å². The number of cyclic esters (lactones) is 1. The molecule has 2 aromatic rings. The van der Waals surface area contributed by atoms with Crippen LogP contribution in [0, 0.1) is 13.8 Å². The van der Waals surface area contributed by atoms with Crippen molar-refractivity contribution in [2.24, 2.45) is 0 Å². The number of hydrogen-bond donors (Lipinski definition) is 2. The summed E-state index contributed by atoms with van der Waals surface area (Å²) in [7, 11) is 0. The van der Waals surface area contributed by atoms with Crippen molar-refractivity contribution in [2.75, 3.05) is 18.5 Å². The van der Waals surface area contributed by atoms with E-state index >= 15 is 0 Å². The molecule has 0 saturated carbocycles. The normalized spacial score (nSPS) is 18.3. The number of carbonyl (C=O) groups excluding carboxylic acids is 3. The largest absolute Gasteiger partial charge is 0.456 e. The van der Waals surface area contributed by atoms with E-state index in [4.69, 9.17) is 4.74 Å². The highest BCUT2D eigenvalue weighted by Gasteiger charge is 2.42. The van der Waals surface area contributed by atoms with E-state index in [1.807, 2.05) is 56.3 Å². The molecule has 0 bridgehead atoms. The summed E-state index contributed by atoms with van der Waals surface area (Å²) in [5.41, 5.74) is 4.34. The molecule has 0 aromatic heterocycles. The first kappa shape index (κ1) is 18.7. The Morgan fingerprint density at radius 3 is 2.62 bits per heavy atom. The number of aryl methyl sites for hydroxylation is 2. The standard InChI is InChI=1S/C22H21N3O4/c1-13-6-8-15(9-7-13)20-19-17(12-29-21(19)27)25(22(28)24-20)11-18(26)23-16-5-3-4-14(2)10-16/h3-10,20H,11-12H2,1-2H3,(H,23,26)(H,24,28)/t20-/m1/s1. The minimum Gasteiger partial charge on any atom is -0.456 e. The molecule has 0 aliphatic carbocycles. The fourth-order valence-corrected chi connectivity index (χ4v) is 3.55.